The number of hydrogen-bond acceptors (Lipinski definition) is 4. The largest absolute Gasteiger partial charge is 0.454 e. The van der Waals surface area contributed by atoms with E-state index in [4.69, 9.17) is 9.47 Å². The third-order valence-electron chi connectivity index (χ3n) is 3.03. The molecule has 1 aromatic heterocycles. The number of aromatic nitrogens is 2. The van der Waals surface area contributed by atoms with Crippen LogP contribution >= 0.6 is 0 Å². The Morgan fingerprint density at radius 3 is 3.11 bits per heavy atom. The van der Waals surface area contributed by atoms with Crippen LogP contribution < -0.4 is 14.8 Å². The highest BCUT2D eigenvalue weighted by Crippen LogP contribution is 2.36. The minimum absolute atomic E-state index is 0.302. The number of fused-ring (bicyclic) bond motifs is 1. The van der Waals surface area contributed by atoms with Crippen molar-refractivity contribution in [1.82, 2.24) is 15.5 Å². The molecular weight excluding hydrogens is 230 g/mol. The zero-order valence-electron chi connectivity index (χ0n) is 10.2. The molecule has 0 saturated heterocycles. The zero-order chi connectivity index (χ0) is 12.4. The van der Waals surface area contributed by atoms with Crippen LogP contribution in [0.5, 0.6) is 11.5 Å². The summed E-state index contributed by atoms with van der Waals surface area (Å²) in [5.74, 6) is 1.60. The highest BCUT2D eigenvalue weighted by molar-refractivity contribution is 5.69. The van der Waals surface area contributed by atoms with E-state index in [1.165, 1.54) is 0 Å². The Labute approximate surface area is 105 Å². The molecule has 0 spiro atoms. The van der Waals surface area contributed by atoms with E-state index in [0.717, 1.165) is 41.3 Å². The summed E-state index contributed by atoms with van der Waals surface area (Å²) in [4.78, 5) is 0. The Morgan fingerprint density at radius 1 is 1.33 bits per heavy atom. The topological polar surface area (TPSA) is 59.2 Å². The summed E-state index contributed by atoms with van der Waals surface area (Å²) in [7, 11) is 1.94. The number of nitrogens with one attached hydrogen (secondary N) is 2. The lowest BCUT2D eigenvalue weighted by atomic mass is 10.0. The summed E-state index contributed by atoms with van der Waals surface area (Å²) in [5.41, 5.74) is 3.34. The SMILES string of the molecule is CNCCc1[nH]ncc1-c1ccc2c(c1)OCO2. The van der Waals surface area contributed by atoms with Crippen molar-refractivity contribution in [3.63, 3.8) is 0 Å². The van der Waals surface area contributed by atoms with Gasteiger partial charge in [-0.1, -0.05) is 6.07 Å². The van der Waals surface area contributed by atoms with Gasteiger partial charge in [-0.05, 0) is 24.7 Å². The molecule has 0 saturated carbocycles. The maximum absolute atomic E-state index is 5.39. The van der Waals surface area contributed by atoms with Gasteiger partial charge in [0.25, 0.3) is 0 Å². The van der Waals surface area contributed by atoms with Gasteiger partial charge < -0.3 is 14.8 Å². The monoisotopic (exact) mass is 245 g/mol. The molecule has 0 aliphatic carbocycles. The van der Waals surface area contributed by atoms with Gasteiger partial charge in [-0.25, -0.2) is 0 Å². The molecule has 1 aliphatic heterocycles. The number of nitrogens with zero attached hydrogens (tertiary/aromatic N) is 1. The van der Waals surface area contributed by atoms with Gasteiger partial charge in [-0.3, -0.25) is 5.10 Å². The molecule has 2 aromatic rings. The number of rotatable bonds is 4. The second-order valence-electron chi connectivity index (χ2n) is 4.18. The second kappa shape index (κ2) is 4.70. The van der Waals surface area contributed by atoms with Crippen molar-refractivity contribution in [2.45, 2.75) is 6.42 Å². The zero-order valence-corrected chi connectivity index (χ0v) is 10.2. The van der Waals surface area contributed by atoms with Crippen LogP contribution in [0.2, 0.25) is 0 Å². The first-order chi connectivity index (χ1) is 8.88. The quantitative estimate of drug-likeness (QED) is 0.858. The van der Waals surface area contributed by atoms with Crippen molar-refractivity contribution in [2.24, 2.45) is 0 Å². The van der Waals surface area contributed by atoms with Crippen molar-refractivity contribution in [2.75, 3.05) is 20.4 Å². The Morgan fingerprint density at radius 2 is 2.22 bits per heavy atom. The van der Waals surface area contributed by atoms with Crippen LogP contribution in [0.3, 0.4) is 0 Å². The van der Waals surface area contributed by atoms with E-state index in [0.29, 0.717) is 6.79 Å². The Bertz CT molecular complexity index is 551. The number of aromatic amines is 1. The molecule has 18 heavy (non-hydrogen) atoms. The summed E-state index contributed by atoms with van der Waals surface area (Å²) in [6.07, 6.45) is 2.77. The molecule has 0 amide bonds. The number of likely N-dealkylation sites (N-methyl/N-ethyl adjacent to an activating group) is 1. The fraction of sp³-hybridized carbons (Fsp3) is 0.308. The van der Waals surface area contributed by atoms with Gasteiger partial charge in [0.1, 0.15) is 0 Å². The third kappa shape index (κ3) is 1.93. The maximum atomic E-state index is 5.39. The molecule has 2 N–H and O–H groups in total. The predicted molar refractivity (Wildman–Crippen MR) is 67.8 cm³/mol. The molecule has 5 heteroatoms. The molecule has 2 heterocycles. The summed E-state index contributed by atoms with van der Waals surface area (Å²) in [6.45, 7) is 1.22. The molecule has 0 radical (unpaired) electrons. The summed E-state index contributed by atoms with van der Waals surface area (Å²) in [5, 5.41) is 10.3. The first-order valence-corrected chi connectivity index (χ1v) is 5.95. The number of hydrogen-bond donors (Lipinski definition) is 2. The summed E-state index contributed by atoms with van der Waals surface area (Å²) in [6, 6.07) is 5.96. The smallest absolute Gasteiger partial charge is 0.231 e. The van der Waals surface area contributed by atoms with Gasteiger partial charge in [0, 0.05) is 24.2 Å². The molecule has 1 aliphatic rings. The molecule has 94 valence electrons. The van der Waals surface area contributed by atoms with E-state index in [2.05, 4.69) is 15.5 Å². The average molecular weight is 245 g/mol. The van der Waals surface area contributed by atoms with Gasteiger partial charge in [0.2, 0.25) is 6.79 Å². The maximum Gasteiger partial charge on any atom is 0.231 e. The van der Waals surface area contributed by atoms with Gasteiger partial charge in [-0.2, -0.15) is 5.10 Å². The lowest BCUT2D eigenvalue weighted by molar-refractivity contribution is 0.174. The first-order valence-electron chi connectivity index (χ1n) is 5.95. The van der Waals surface area contributed by atoms with E-state index in [1.54, 1.807) is 0 Å². The van der Waals surface area contributed by atoms with Crippen LogP contribution in [0.15, 0.2) is 24.4 Å². The fourth-order valence-electron chi connectivity index (χ4n) is 2.07. The second-order valence-corrected chi connectivity index (χ2v) is 4.18. The molecule has 5 nitrogen and oxygen atoms in total. The standard InChI is InChI=1S/C13H15N3O2/c1-14-5-4-11-10(7-15-16-11)9-2-3-12-13(6-9)18-8-17-12/h2-3,6-7,14H,4-5,8H2,1H3,(H,15,16). The van der Waals surface area contributed by atoms with Crippen LogP contribution in [0.1, 0.15) is 5.69 Å². The third-order valence-corrected chi connectivity index (χ3v) is 3.03. The van der Waals surface area contributed by atoms with Crippen LogP contribution in [0, 0.1) is 0 Å². The van der Waals surface area contributed by atoms with Crippen molar-refractivity contribution < 1.29 is 9.47 Å². The first kappa shape index (κ1) is 11.1. The lowest BCUT2D eigenvalue weighted by Gasteiger charge is -2.04. The van der Waals surface area contributed by atoms with E-state index in [-0.39, 0.29) is 0 Å². The Balaban J connectivity index is 1.92. The molecule has 1 aromatic carbocycles. The Kier molecular flexibility index (Phi) is 2.90. The molecule has 0 atom stereocenters. The molecule has 0 bridgehead atoms. The van der Waals surface area contributed by atoms with Crippen LogP contribution in [-0.4, -0.2) is 30.6 Å². The molecule has 3 rings (SSSR count). The number of benzene rings is 1. The van der Waals surface area contributed by atoms with Crippen molar-refractivity contribution >= 4 is 0 Å². The van der Waals surface area contributed by atoms with E-state index >= 15 is 0 Å². The number of ether oxygens (including phenoxy) is 2. The van der Waals surface area contributed by atoms with Crippen LogP contribution in [-0.2, 0) is 6.42 Å². The molecular formula is C13H15N3O2. The van der Waals surface area contributed by atoms with Gasteiger partial charge >= 0.3 is 0 Å². The minimum atomic E-state index is 0.302. The highest BCUT2D eigenvalue weighted by Gasteiger charge is 2.15. The fourth-order valence-corrected chi connectivity index (χ4v) is 2.07. The normalized spacial score (nSPS) is 12.9. The highest BCUT2D eigenvalue weighted by atomic mass is 16.7. The van der Waals surface area contributed by atoms with Crippen molar-refractivity contribution in [3.05, 3.63) is 30.1 Å². The van der Waals surface area contributed by atoms with Gasteiger partial charge in [0.05, 0.1) is 6.20 Å². The average Bonchev–Trinajstić information content (AvgIpc) is 3.03. The van der Waals surface area contributed by atoms with Crippen molar-refractivity contribution in [1.29, 1.82) is 0 Å². The minimum Gasteiger partial charge on any atom is -0.454 e. The summed E-state index contributed by atoms with van der Waals surface area (Å²) < 4.78 is 10.7. The Hall–Kier alpha value is -2.01. The van der Waals surface area contributed by atoms with Crippen LogP contribution in [0.4, 0.5) is 0 Å². The lowest BCUT2D eigenvalue weighted by Crippen LogP contribution is -2.11. The van der Waals surface area contributed by atoms with E-state index < -0.39 is 0 Å². The number of H-pyrrole nitrogens is 1. The predicted octanol–water partition coefficient (Wildman–Crippen LogP) is 1.57. The van der Waals surface area contributed by atoms with Crippen molar-refractivity contribution in [3.8, 4) is 22.6 Å². The van der Waals surface area contributed by atoms with E-state index in [1.807, 2.05) is 31.4 Å². The molecule has 0 unspecified atom stereocenters. The van der Waals surface area contributed by atoms with Crippen LogP contribution in [0.25, 0.3) is 11.1 Å². The molecule has 0 fully saturated rings. The van der Waals surface area contributed by atoms with Gasteiger partial charge in [0.15, 0.2) is 11.5 Å². The van der Waals surface area contributed by atoms with E-state index in [9.17, 15) is 0 Å². The van der Waals surface area contributed by atoms with Gasteiger partial charge in [-0.15, -0.1) is 0 Å². The summed E-state index contributed by atoms with van der Waals surface area (Å²) >= 11 is 0.